The van der Waals surface area contributed by atoms with Crippen LogP contribution < -0.4 is 0 Å². The molecule has 0 aliphatic heterocycles. The number of hydrogen-bond donors (Lipinski definition) is 0. The molecule has 0 saturated heterocycles. The van der Waals surface area contributed by atoms with E-state index in [9.17, 15) is 0 Å². The van der Waals surface area contributed by atoms with Gasteiger partial charge in [0, 0.05) is 5.56 Å². The summed E-state index contributed by atoms with van der Waals surface area (Å²) in [6.45, 7) is 3.60. The maximum Gasteiger partial charge on any atom is 0.134 e. The molecule has 2 heterocycles. The molecule has 0 unspecified atom stereocenters. The first-order chi connectivity index (χ1) is 4.92. The van der Waals surface area contributed by atoms with E-state index in [4.69, 9.17) is 4.52 Å². The molecule has 2 aromatic rings. The largest absolute Gasteiger partial charge is 0.363 e. The van der Waals surface area contributed by atoms with Crippen LogP contribution in [-0.4, -0.2) is 15.0 Å². The molecule has 4 heteroatoms. The van der Waals surface area contributed by atoms with Gasteiger partial charge in [-0.25, -0.2) is 0 Å². The third kappa shape index (κ3) is 0.500. The lowest BCUT2D eigenvalue weighted by Crippen LogP contribution is -1.77. The minimum atomic E-state index is 0.843. The van der Waals surface area contributed by atoms with Crippen LogP contribution in [0.2, 0.25) is 0 Å². The fourth-order valence-electron chi connectivity index (χ4n) is 0.808. The van der Waals surface area contributed by atoms with Gasteiger partial charge in [0.05, 0.1) is 6.20 Å². The first-order valence-corrected chi connectivity index (χ1v) is 2.82. The van der Waals surface area contributed by atoms with Gasteiger partial charge in [-0.05, 0) is 5.21 Å². The quantitative estimate of drug-likeness (QED) is 0.585. The monoisotopic (exact) mass is 135 g/mol. The highest BCUT2D eigenvalue weighted by molar-refractivity contribution is 5.65. The van der Waals surface area contributed by atoms with Gasteiger partial charge in [0.15, 0.2) is 0 Å². The summed E-state index contributed by atoms with van der Waals surface area (Å²) < 4.78 is 6.30. The standard InChI is InChI=1S/C6H5N3O/c1-2-5-4-10-9-6(5)3-7-8-9/h2-4H,1H2. The van der Waals surface area contributed by atoms with E-state index in [1.54, 1.807) is 18.5 Å². The molecule has 50 valence electrons. The smallest absolute Gasteiger partial charge is 0.134 e. The molecule has 0 amide bonds. The van der Waals surface area contributed by atoms with E-state index in [1.165, 1.54) is 4.69 Å². The summed E-state index contributed by atoms with van der Waals surface area (Å²) in [5.74, 6) is 0. The predicted molar refractivity (Wildman–Crippen MR) is 35.3 cm³/mol. The topological polar surface area (TPSA) is 43.3 Å². The van der Waals surface area contributed by atoms with Crippen LogP contribution in [0.1, 0.15) is 5.56 Å². The summed E-state index contributed by atoms with van der Waals surface area (Å²) in [5, 5.41) is 7.28. The summed E-state index contributed by atoms with van der Waals surface area (Å²) in [6.07, 6.45) is 4.90. The second-order valence-corrected chi connectivity index (χ2v) is 1.87. The van der Waals surface area contributed by atoms with E-state index in [2.05, 4.69) is 16.9 Å². The Labute approximate surface area is 56.7 Å². The molecule has 2 rings (SSSR count). The number of rotatable bonds is 1. The lowest BCUT2D eigenvalue weighted by Gasteiger charge is -1.74. The van der Waals surface area contributed by atoms with Crippen LogP contribution in [0.4, 0.5) is 0 Å². The average Bonchev–Trinajstić information content (AvgIpc) is 2.44. The van der Waals surface area contributed by atoms with Gasteiger partial charge in [-0.1, -0.05) is 17.3 Å². The Hall–Kier alpha value is -1.58. The minimum absolute atomic E-state index is 0.843. The highest BCUT2D eigenvalue weighted by Gasteiger charge is 2.01. The third-order valence-electron chi connectivity index (χ3n) is 1.31. The molecule has 2 aromatic heterocycles. The summed E-state index contributed by atoms with van der Waals surface area (Å²) >= 11 is 0. The van der Waals surface area contributed by atoms with Crippen LogP contribution in [0.15, 0.2) is 23.6 Å². The zero-order valence-electron chi connectivity index (χ0n) is 5.19. The molecular formula is C6H5N3O. The first-order valence-electron chi connectivity index (χ1n) is 2.82. The van der Waals surface area contributed by atoms with Crippen LogP contribution in [0.5, 0.6) is 0 Å². The van der Waals surface area contributed by atoms with Crippen LogP contribution >= 0.6 is 0 Å². The lowest BCUT2D eigenvalue weighted by molar-refractivity contribution is 0.329. The Morgan fingerprint density at radius 2 is 2.60 bits per heavy atom. The maximum atomic E-state index is 4.95. The van der Waals surface area contributed by atoms with E-state index in [1.807, 2.05) is 0 Å². The van der Waals surface area contributed by atoms with Crippen molar-refractivity contribution in [2.75, 3.05) is 0 Å². The average molecular weight is 135 g/mol. The van der Waals surface area contributed by atoms with Crippen molar-refractivity contribution in [3.63, 3.8) is 0 Å². The maximum absolute atomic E-state index is 4.95. The van der Waals surface area contributed by atoms with E-state index in [0.29, 0.717) is 0 Å². The zero-order valence-corrected chi connectivity index (χ0v) is 5.19. The van der Waals surface area contributed by atoms with Crippen molar-refractivity contribution in [3.8, 4) is 0 Å². The first kappa shape index (κ1) is 5.22. The fraction of sp³-hybridized carbons (Fsp3) is 0. The van der Waals surface area contributed by atoms with Gasteiger partial charge in [-0.15, -0.1) is 5.10 Å². The predicted octanol–water partition coefficient (Wildman–Crippen LogP) is 0.965. The second kappa shape index (κ2) is 1.70. The molecule has 0 spiro atoms. The van der Waals surface area contributed by atoms with Crippen LogP contribution in [0.25, 0.3) is 11.6 Å². The van der Waals surface area contributed by atoms with Crippen molar-refractivity contribution < 1.29 is 4.52 Å². The van der Waals surface area contributed by atoms with Crippen molar-refractivity contribution in [2.45, 2.75) is 0 Å². The van der Waals surface area contributed by atoms with Gasteiger partial charge in [0.25, 0.3) is 0 Å². The lowest BCUT2D eigenvalue weighted by atomic mass is 10.3. The highest BCUT2D eigenvalue weighted by Crippen LogP contribution is 2.10. The van der Waals surface area contributed by atoms with Crippen molar-refractivity contribution in [1.29, 1.82) is 0 Å². The molecule has 0 bridgehead atoms. The summed E-state index contributed by atoms with van der Waals surface area (Å²) in [4.78, 5) is 0. The van der Waals surface area contributed by atoms with Crippen LogP contribution in [0, 0.1) is 0 Å². The van der Waals surface area contributed by atoms with Crippen LogP contribution in [-0.2, 0) is 0 Å². The Morgan fingerprint density at radius 3 is 3.40 bits per heavy atom. The van der Waals surface area contributed by atoms with E-state index in [0.717, 1.165) is 11.1 Å². The molecular weight excluding hydrogens is 130 g/mol. The van der Waals surface area contributed by atoms with E-state index < -0.39 is 0 Å². The van der Waals surface area contributed by atoms with Crippen molar-refractivity contribution in [2.24, 2.45) is 0 Å². The number of nitrogens with zero attached hydrogens (tertiary/aromatic N) is 3. The van der Waals surface area contributed by atoms with E-state index in [-0.39, 0.29) is 0 Å². The molecule has 10 heavy (non-hydrogen) atoms. The molecule has 0 aliphatic carbocycles. The molecule has 4 nitrogen and oxygen atoms in total. The molecule has 0 saturated carbocycles. The van der Waals surface area contributed by atoms with Gasteiger partial charge < -0.3 is 4.52 Å². The van der Waals surface area contributed by atoms with Crippen molar-refractivity contribution in [1.82, 2.24) is 15.0 Å². The number of hydrogen-bond acceptors (Lipinski definition) is 3. The zero-order chi connectivity index (χ0) is 6.97. The molecule has 0 fully saturated rings. The minimum Gasteiger partial charge on any atom is -0.363 e. The number of fused-ring (bicyclic) bond motifs is 1. The van der Waals surface area contributed by atoms with Crippen molar-refractivity contribution >= 4 is 11.6 Å². The van der Waals surface area contributed by atoms with Gasteiger partial charge in [-0.3, -0.25) is 0 Å². The molecule has 0 radical (unpaired) electrons. The van der Waals surface area contributed by atoms with Crippen molar-refractivity contribution in [3.05, 3.63) is 24.6 Å². The Bertz CT molecular complexity index is 360. The molecule has 0 N–H and O–H groups in total. The molecule has 0 atom stereocenters. The van der Waals surface area contributed by atoms with Gasteiger partial charge >= 0.3 is 0 Å². The fourth-order valence-corrected chi connectivity index (χ4v) is 0.808. The summed E-state index contributed by atoms with van der Waals surface area (Å²) in [7, 11) is 0. The Balaban J connectivity index is 2.88. The Morgan fingerprint density at radius 1 is 1.70 bits per heavy atom. The van der Waals surface area contributed by atoms with Gasteiger partial charge in [0.2, 0.25) is 0 Å². The van der Waals surface area contributed by atoms with Gasteiger partial charge in [-0.2, -0.15) is 0 Å². The summed E-state index contributed by atoms with van der Waals surface area (Å²) in [6, 6.07) is 0. The normalized spacial score (nSPS) is 10.4. The summed E-state index contributed by atoms with van der Waals surface area (Å²) in [5.41, 5.74) is 1.75. The third-order valence-corrected chi connectivity index (χ3v) is 1.31. The van der Waals surface area contributed by atoms with Gasteiger partial charge in [0.1, 0.15) is 11.8 Å². The molecule has 0 aromatic carbocycles. The molecule has 0 aliphatic rings. The SMILES string of the molecule is C=Cc1con2nncc12. The van der Waals surface area contributed by atoms with Crippen LogP contribution in [0.3, 0.4) is 0 Å². The number of aromatic nitrogens is 3. The van der Waals surface area contributed by atoms with E-state index >= 15 is 0 Å². The second-order valence-electron chi connectivity index (χ2n) is 1.87. The Kier molecular flexibility index (Phi) is 0.887. The highest BCUT2D eigenvalue weighted by atomic mass is 16.5.